The number of hydrogen-bond donors (Lipinski definition) is 4. The summed E-state index contributed by atoms with van der Waals surface area (Å²) in [5, 5.41) is 52.3. The molecule has 52 heteroatoms. The molecule has 0 saturated carbocycles. The second-order valence-electron chi connectivity index (χ2n) is 17.4. The van der Waals surface area contributed by atoms with Crippen LogP contribution in [0.5, 0.6) is 5.75 Å². The Bertz CT molecular complexity index is 4720. The molecule has 7 aromatic carbocycles. The van der Waals surface area contributed by atoms with Gasteiger partial charge in [-0.1, -0.05) is 30.3 Å². The first-order valence-corrected chi connectivity index (χ1v) is 36.3. The van der Waals surface area contributed by atoms with Gasteiger partial charge >= 0.3 is 177 Å². The Labute approximate surface area is 710 Å². The first-order valence-electron chi connectivity index (χ1n) is 24.0. The van der Waals surface area contributed by atoms with Crippen molar-refractivity contribution in [1.29, 1.82) is 0 Å². The first-order chi connectivity index (χ1) is 44.0. The molecule has 0 bridgehead atoms. The molecular weight excluding hydrogens is 1580 g/mol. The Balaban J connectivity index is 0. The zero-order chi connectivity index (χ0) is 70.4. The summed E-state index contributed by atoms with van der Waals surface area (Å²) in [6.45, 7) is 3.07. The van der Waals surface area contributed by atoms with E-state index in [9.17, 15) is 102 Å². The summed E-state index contributed by atoms with van der Waals surface area (Å²) >= 11 is -4.66. The molecule has 6 N–H and O–H groups in total. The molecule has 0 radical (unpaired) electrons. The van der Waals surface area contributed by atoms with E-state index >= 15 is 0 Å². The van der Waals surface area contributed by atoms with Gasteiger partial charge in [0.25, 0.3) is 0 Å². The van der Waals surface area contributed by atoms with E-state index in [0.717, 1.165) is 18.2 Å². The number of sulfone groups is 1. The van der Waals surface area contributed by atoms with E-state index in [1.807, 2.05) is 13.6 Å². The van der Waals surface area contributed by atoms with E-state index in [0.29, 0.717) is 12.1 Å². The van der Waals surface area contributed by atoms with Crippen LogP contribution >= 0.6 is 0 Å². The predicted molar refractivity (Wildman–Crippen MR) is 314 cm³/mol. The van der Waals surface area contributed by atoms with E-state index in [1.165, 1.54) is 84.9 Å². The number of nitrogen functional groups attached to an aromatic ring is 2. The van der Waals surface area contributed by atoms with Crippen molar-refractivity contribution < 1.29 is 312 Å². The quantitative estimate of drug-likeness (QED) is 0.00830. The maximum atomic E-state index is 13.3. The van der Waals surface area contributed by atoms with Crippen molar-refractivity contribution in [2.24, 2.45) is 20.5 Å². The SMILES string of the molecule is C=O.C=O.Nc1c(N=Nc2ccc(S(=O)CS(=O)OO[O-])cc2)c(S(=O)(=O)[O-])cc2cc(S(=O)(=O)[O-])c(N=Nc3ccc(S(=O)CS(=O)OO[O-])cc3)c(O)c12.Nc1c(S(=O)(=O)[O-])cc(Nc2cccc(S(=O)(=O)CCOS(=O)(=O)[O-])c2)c2c1C(=O)c1ccccc1C2=O.[Na+].[Na+].[Na+].[Na+].[Na+].[Na+]. The summed E-state index contributed by atoms with van der Waals surface area (Å²) in [7, 11) is -29.3. The van der Waals surface area contributed by atoms with Crippen LogP contribution in [0.1, 0.15) is 31.8 Å². The molecule has 0 spiro atoms. The monoisotopic (exact) mass is 1620 g/mol. The van der Waals surface area contributed by atoms with Crippen LogP contribution in [0.3, 0.4) is 0 Å². The van der Waals surface area contributed by atoms with Gasteiger partial charge in [-0.25, -0.2) is 50.5 Å². The molecule has 100 heavy (non-hydrogen) atoms. The minimum absolute atomic E-state index is 0. The smallest absolute Gasteiger partial charge is 0.744 e. The minimum atomic E-state index is -5.48. The third-order valence-corrected chi connectivity index (χ3v) is 21.7. The molecule has 0 aromatic heterocycles. The van der Waals surface area contributed by atoms with Crippen LogP contribution in [0, 0.1) is 0 Å². The van der Waals surface area contributed by atoms with Gasteiger partial charge in [0.05, 0.1) is 98.5 Å². The number of azo groups is 2. The van der Waals surface area contributed by atoms with Gasteiger partial charge in [0.1, 0.15) is 65.5 Å². The molecule has 37 nitrogen and oxygen atoms in total. The van der Waals surface area contributed by atoms with E-state index in [2.05, 4.69) is 48.7 Å². The molecule has 0 fully saturated rings. The molecule has 0 aliphatic heterocycles. The van der Waals surface area contributed by atoms with Crippen molar-refractivity contribution in [3.05, 3.63) is 138 Å². The number of nitrogens with two attached hydrogens (primary N) is 2. The molecule has 1 aliphatic rings. The zero-order valence-electron chi connectivity index (χ0n) is 52.1. The number of phenolic OH excluding ortho intramolecular Hbond substituents is 1. The van der Waals surface area contributed by atoms with Crippen LogP contribution < -0.4 is 205 Å². The predicted octanol–water partition coefficient (Wildman–Crippen LogP) is -16.7. The fourth-order valence-electron chi connectivity index (χ4n) is 7.93. The molecule has 4 unspecified atom stereocenters. The van der Waals surface area contributed by atoms with E-state index < -0.39 is 188 Å². The summed E-state index contributed by atoms with van der Waals surface area (Å²) < 4.78 is 225. The Morgan fingerprint density at radius 1 is 0.520 bits per heavy atom. The van der Waals surface area contributed by atoms with Crippen molar-refractivity contribution in [1.82, 2.24) is 0 Å². The number of benzene rings is 7. The molecule has 1 aliphatic carbocycles. The number of carbonyl (C=O) groups excluding carboxylic acids is 4. The van der Waals surface area contributed by atoms with E-state index in [-0.39, 0.29) is 231 Å². The Kier molecular flexibility index (Phi) is 44.1. The van der Waals surface area contributed by atoms with Crippen LogP contribution in [0.15, 0.2) is 165 Å². The fourth-order valence-corrected chi connectivity index (χ4v) is 15.2. The zero-order valence-corrected chi connectivity index (χ0v) is 71.5. The normalized spacial score (nSPS) is 13.0. The van der Waals surface area contributed by atoms with Gasteiger partial charge in [-0.15, -0.1) is 18.9 Å². The number of hydrogen-bond acceptors (Lipinski definition) is 37. The van der Waals surface area contributed by atoms with Crippen molar-refractivity contribution in [2.75, 3.05) is 39.3 Å². The van der Waals surface area contributed by atoms with Crippen LogP contribution in [0.4, 0.5) is 45.5 Å². The van der Waals surface area contributed by atoms with Gasteiger partial charge in [0, 0.05) is 26.6 Å². The minimum Gasteiger partial charge on any atom is -0.744 e. The van der Waals surface area contributed by atoms with Gasteiger partial charge < -0.3 is 60.2 Å². The molecular formula is C48H37N7Na6O30S9. The molecule has 0 heterocycles. The molecule has 7 aromatic rings. The Morgan fingerprint density at radius 3 is 1.36 bits per heavy atom. The average molecular weight is 1620 g/mol. The van der Waals surface area contributed by atoms with Crippen molar-refractivity contribution in [3.8, 4) is 5.75 Å². The maximum absolute atomic E-state index is 13.3. The number of fused-ring (bicyclic) bond motifs is 3. The second kappa shape index (κ2) is 44.2. The van der Waals surface area contributed by atoms with Gasteiger partial charge in [0.15, 0.2) is 49.3 Å². The Morgan fingerprint density at radius 2 is 0.940 bits per heavy atom. The van der Waals surface area contributed by atoms with Crippen molar-refractivity contribution >= 4 is 176 Å². The van der Waals surface area contributed by atoms with Crippen molar-refractivity contribution in [3.63, 3.8) is 0 Å². The van der Waals surface area contributed by atoms with Crippen molar-refractivity contribution in [2.45, 2.75) is 29.4 Å². The topological polar surface area (TPSA) is 626 Å². The number of anilines is 4. The number of rotatable bonds is 24. The first kappa shape index (κ1) is 99.8. The number of carbonyl (C=O) groups is 4. The third kappa shape index (κ3) is 26.9. The number of nitrogens with one attached hydrogen (secondary N) is 1. The van der Waals surface area contributed by atoms with E-state index in [1.54, 1.807) is 0 Å². The van der Waals surface area contributed by atoms with Gasteiger partial charge in [-0.3, -0.25) is 32.3 Å². The molecule has 0 saturated heterocycles. The number of ketones is 2. The Hall–Kier alpha value is -2.21. The van der Waals surface area contributed by atoms with Crippen LogP contribution in [0.2, 0.25) is 0 Å². The van der Waals surface area contributed by atoms with Gasteiger partial charge in [0.2, 0.25) is 10.4 Å². The van der Waals surface area contributed by atoms with E-state index in [4.69, 9.17) is 21.1 Å². The van der Waals surface area contributed by atoms with Crippen LogP contribution in [-0.2, 0) is 127 Å². The summed E-state index contributed by atoms with van der Waals surface area (Å²) in [4.78, 5) is 39.1. The summed E-state index contributed by atoms with van der Waals surface area (Å²) in [5.41, 5.74) is 7.59. The number of nitrogens with zero attached hydrogens (tertiary/aromatic N) is 4. The summed E-state index contributed by atoms with van der Waals surface area (Å²) in [5.74, 6) is -3.45. The number of aromatic hydroxyl groups is 1. The largest absolute Gasteiger partial charge is 1.00 e. The van der Waals surface area contributed by atoms with Crippen LogP contribution in [0.25, 0.3) is 10.8 Å². The fraction of sp³-hybridized carbons (Fsp3) is 0.0833. The summed E-state index contributed by atoms with van der Waals surface area (Å²) in [6, 6.07) is 22.3. The average Bonchev–Trinajstić information content (AvgIpc) is 0.747. The molecule has 0 amide bonds. The third-order valence-electron chi connectivity index (χ3n) is 11.7. The maximum Gasteiger partial charge on any atom is 1.00 e. The summed E-state index contributed by atoms with van der Waals surface area (Å²) in [6.07, 6.45) is 0. The molecule has 8 rings (SSSR count). The molecule has 504 valence electrons. The van der Waals surface area contributed by atoms with Gasteiger partial charge in [-0.2, -0.15) is 10.2 Å². The standard InChI is InChI=1S/C24H21N5O17S6.C22H18N2O11S3.2CH2O.6Na/c25-21-20-13(9-18(51(37,38)39)22(21)28-26-14-1-5-16(6-2-14)47(33)11-49(35)45-43-31)10-19(52(40,41)42)23(24(20)30)29-27-15-3-7-17(8-4-15)48(34)12-50(36)46-44-32;23-20-17(37(29,30)31)11-16(18-19(20)22(26)15-7-2-1-6-14(15)21(18)25)24-12-4-3-5-13(10-12)36(27,28)9-8-35-38(32,33)34;2*1-2;;;;;;/h1-10,30-32H,11-12,25H2,(H,37,38,39)(H,40,41,42);1-7,10-11,24H,8-9,23H2,(H,29,30,31)(H,32,33,34);2*1H2;;;;;;/q;;;;6*+1/p-6. The second-order valence-corrected chi connectivity index (χ2v) is 30.3. The van der Waals surface area contributed by atoms with Gasteiger partial charge in [-0.05, 0) is 90.3 Å². The number of phenols is 1. The molecule has 4 atom stereocenters. The van der Waals surface area contributed by atoms with Crippen LogP contribution in [-0.4, -0.2) is 130 Å².